The lowest BCUT2D eigenvalue weighted by molar-refractivity contribution is -0.227. The number of aliphatic carboxylic acids is 1. The molecule has 2 heterocycles. The average Bonchev–Trinajstić information content (AvgIpc) is 3.30. The minimum Gasteiger partial charge on any atom is -0.481 e. The van der Waals surface area contributed by atoms with Gasteiger partial charge < -0.3 is 14.9 Å². The largest absolute Gasteiger partial charge is 0.481 e. The Morgan fingerprint density at radius 2 is 1.37 bits per heavy atom. The highest BCUT2D eigenvalue weighted by Crippen LogP contribution is 2.46. The van der Waals surface area contributed by atoms with Crippen molar-refractivity contribution in [1.29, 1.82) is 0 Å². The molecule has 2 amide bonds. The van der Waals surface area contributed by atoms with Crippen LogP contribution in [0.5, 0.6) is 0 Å². The van der Waals surface area contributed by atoms with Crippen molar-refractivity contribution in [3.63, 3.8) is 0 Å². The van der Waals surface area contributed by atoms with Crippen LogP contribution in [0.15, 0.2) is 0 Å². The van der Waals surface area contributed by atoms with Crippen molar-refractivity contribution >= 4 is 17.8 Å². The first kappa shape index (κ1) is 19.9. The summed E-state index contributed by atoms with van der Waals surface area (Å²) >= 11 is 0. The van der Waals surface area contributed by atoms with E-state index in [0.29, 0.717) is 25.9 Å². The fourth-order valence-corrected chi connectivity index (χ4v) is 4.65. The molecule has 0 spiro atoms. The van der Waals surface area contributed by atoms with E-state index >= 15 is 0 Å². The summed E-state index contributed by atoms with van der Waals surface area (Å²) in [6.07, 6.45) is -1.13. The van der Waals surface area contributed by atoms with Crippen LogP contribution in [-0.4, -0.2) is 65.0 Å². The Hall–Kier alpha value is -1.80. The number of carboxylic acid groups (broad SMARTS) is 1. The van der Waals surface area contributed by atoms with E-state index in [1.54, 1.807) is 4.90 Å². The van der Waals surface area contributed by atoms with Crippen molar-refractivity contribution in [2.45, 2.75) is 51.1 Å². The van der Waals surface area contributed by atoms with E-state index in [4.69, 9.17) is 0 Å². The van der Waals surface area contributed by atoms with Gasteiger partial charge in [0.2, 0.25) is 11.8 Å². The third-order valence-corrected chi connectivity index (χ3v) is 6.35. The summed E-state index contributed by atoms with van der Waals surface area (Å²) in [6, 6.07) is 0. The number of carbonyl (C=O) groups excluding carboxylic acids is 2. The molecule has 6 nitrogen and oxygen atoms in total. The Labute approximate surface area is 155 Å². The second-order valence-corrected chi connectivity index (χ2v) is 7.92. The Kier molecular flexibility index (Phi) is 5.40. The van der Waals surface area contributed by atoms with Gasteiger partial charge >= 0.3 is 12.1 Å². The lowest BCUT2D eigenvalue weighted by Crippen LogP contribution is -2.50. The molecule has 1 N–H and O–H groups in total. The van der Waals surface area contributed by atoms with Gasteiger partial charge in [0.1, 0.15) is 0 Å². The van der Waals surface area contributed by atoms with E-state index < -0.39 is 48.3 Å². The van der Waals surface area contributed by atoms with Gasteiger partial charge in [0.25, 0.3) is 0 Å². The Morgan fingerprint density at radius 1 is 0.852 bits per heavy atom. The van der Waals surface area contributed by atoms with Crippen LogP contribution in [0.4, 0.5) is 13.2 Å². The minimum absolute atomic E-state index is 0.0786. The molecule has 2 aliphatic heterocycles. The maximum Gasteiger partial charge on any atom is 0.406 e. The molecule has 0 aromatic rings. The average molecular weight is 390 g/mol. The van der Waals surface area contributed by atoms with Gasteiger partial charge in [-0.05, 0) is 32.1 Å². The van der Waals surface area contributed by atoms with Crippen LogP contribution >= 0.6 is 0 Å². The first-order valence-electron chi connectivity index (χ1n) is 9.55. The predicted octanol–water partition coefficient (Wildman–Crippen LogP) is 2.28. The first-order chi connectivity index (χ1) is 12.7. The van der Waals surface area contributed by atoms with Gasteiger partial charge in [0, 0.05) is 38.0 Å². The summed E-state index contributed by atoms with van der Waals surface area (Å²) in [5, 5.41) is 9.17. The standard InChI is InChI=1S/C18H25F3N2O4/c19-18(20,21)17(16(26)27)7-10-23(11-17)15(25)13-6-2-1-5-12(13)14(24)22-8-3-4-9-22/h12-13H,1-11H2,(H,26,27). The molecule has 152 valence electrons. The lowest BCUT2D eigenvalue weighted by atomic mass is 9.77. The van der Waals surface area contributed by atoms with E-state index in [0.717, 1.165) is 30.6 Å². The molecule has 3 atom stereocenters. The third kappa shape index (κ3) is 3.52. The summed E-state index contributed by atoms with van der Waals surface area (Å²) < 4.78 is 40.1. The first-order valence-corrected chi connectivity index (χ1v) is 9.55. The number of rotatable bonds is 3. The fourth-order valence-electron chi connectivity index (χ4n) is 4.65. The lowest BCUT2D eigenvalue weighted by Gasteiger charge is -2.35. The molecule has 0 radical (unpaired) electrons. The molecular weight excluding hydrogens is 365 g/mol. The second-order valence-electron chi connectivity index (χ2n) is 7.92. The monoisotopic (exact) mass is 390 g/mol. The maximum atomic E-state index is 13.4. The Morgan fingerprint density at radius 3 is 1.81 bits per heavy atom. The molecule has 0 aromatic carbocycles. The van der Waals surface area contributed by atoms with E-state index in [1.807, 2.05) is 0 Å². The number of amides is 2. The van der Waals surface area contributed by atoms with Crippen molar-refractivity contribution in [3.8, 4) is 0 Å². The fraction of sp³-hybridized carbons (Fsp3) is 0.833. The van der Waals surface area contributed by atoms with E-state index in [-0.39, 0.29) is 12.5 Å². The van der Waals surface area contributed by atoms with Crippen molar-refractivity contribution in [2.75, 3.05) is 26.2 Å². The summed E-state index contributed by atoms with van der Waals surface area (Å²) in [4.78, 5) is 39.9. The number of carboxylic acids is 1. The third-order valence-electron chi connectivity index (χ3n) is 6.35. The number of carbonyl (C=O) groups is 3. The van der Waals surface area contributed by atoms with Crippen molar-refractivity contribution < 1.29 is 32.7 Å². The van der Waals surface area contributed by atoms with Gasteiger partial charge in [-0.25, -0.2) is 0 Å². The molecule has 0 aromatic heterocycles. The van der Waals surface area contributed by atoms with Crippen LogP contribution in [0, 0.1) is 17.3 Å². The molecule has 3 fully saturated rings. The van der Waals surface area contributed by atoms with E-state index in [9.17, 15) is 32.7 Å². The second kappa shape index (κ2) is 7.31. The molecule has 9 heteroatoms. The predicted molar refractivity (Wildman–Crippen MR) is 88.6 cm³/mol. The normalized spacial score (nSPS) is 32.0. The summed E-state index contributed by atoms with van der Waals surface area (Å²) in [5.74, 6) is -3.68. The number of hydrogen-bond acceptors (Lipinski definition) is 3. The zero-order valence-corrected chi connectivity index (χ0v) is 15.1. The summed E-state index contributed by atoms with van der Waals surface area (Å²) in [6.45, 7) is 0.212. The minimum atomic E-state index is -4.93. The number of nitrogens with zero attached hydrogens (tertiary/aromatic N) is 2. The van der Waals surface area contributed by atoms with Crippen molar-refractivity contribution in [2.24, 2.45) is 17.3 Å². The van der Waals surface area contributed by atoms with E-state index in [2.05, 4.69) is 0 Å². The van der Waals surface area contributed by atoms with Crippen LogP contribution in [0.1, 0.15) is 44.9 Å². The van der Waals surface area contributed by atoms with Crippen LogP contribution in [-0.2, 0) is 14.4 Å². The smallest absolute Gasteiger partial charge is 0.406 e. The number of likely N-dealkylation sites (tertiary alicyclic amines) is 2. The van der Waals surface area contributed by atoms with Gasteiger partial charge in [-0.2, -0.15) is 13.2 Å². The molecule has 3 aliphatic rings. The highest BCUT2D eigenvalue weighted by Gasteiger charge is 2.64. The molecule has 2 saturated heterocycles. The van der Waals surface area contributed by atoms with Gasteiger partial charge in [-0.1, -0.05) is 12.8 Å². The van der Waals surface area contributed by atoms with Gasteiger partial charge in [0.05, 0.1) is 0 Å². The molecular formula is C18H25F3N2O4. The quantitative estimate of drug-likeness (QED) is 0.802. The summed E-state index contributed by atoms with van der Waals surface area (Å²) in [7, 11) is 0. The highest BCUT2D eigenvalue weighted by molar-refractivity contribution is 5.89. The van der Waals surface area contributed by atoms with Crippen molar-refractivity contribution in [1.82, 2.24) is 9.80 Å². The molecule has 3 rings (SSSR count). The molecule has 27 heavy (non-hydrogen) atoms. The number of hydrogen-bond donors (Lipinski definition) is 1. The van der Waals surface area contributed by atoms with Gasteiger partial charge in [-0.3, -0.25) is 14.4 Å². The zero-order chi connectivity index (χ0) is 19.8. The maximum absolute atomic E-state index is 13.4. The number of alkyl halides is 3. The summed E-state index contributed by atoms with van der Waals surface area (Å²) in [5.41, 5.74) is -2.91. The van der Waals surface area contributed by atoms with Crippen LogP contribution in [0.25, 0.3) is 0 Å². The van der Waals surface area contributed by atoms with Crippen LogP contribution in [0.2, 0.25) is 0 Å². The van der Waals surface area contributed by atoms with E-state index in [1.165, 1.54) is 0 Å². The van der Waals surface area contributed by atoms with Gasteiger partial charge in [-0.15, -0.1) is 0 Å². The van der Waals surface area contributed by atoms with Crippen LogP contribution in [0.3, 0.4) is 0 Å². The topological polar surface area (TPSA) is 77.9 Å². The van der Waals surface area contributed by atoms with Gasteiger partial charge in [0.15, 0.2) is 5.41 Å². The van der Waals surface area contributed by atoms with Crippen molar-refractivity contribution in [3.05, 3.63) is 0 Å². The molecule has 3 unspecified atom stereocenters. The zero-order valence-electron chi connectivity index (χ0n) is 15.1. The molecule has 0 bridgehead atoms. The SMILES string of the molecule is O=C(C1CCCCC1C(=O)N1CCC(C(=O)O)(C(F)(F)F)C1)N1CCCC1. The van der Waals surface area contributed by atoms with Crippen LogP contribution < -0.4 is 0 Å². The highest BCUT2D eigenvalue weighted by atomic mass is 19.4. The Bertz CT molecular complexity index is 618. The molecule has 1 aliphatic carbocycles. The number of halogens is 3. The Balaban J connectivity index is 1.75. The molecule has 1 saturated carbocycles.